The number of anilines is 1. The zero-order chi connectivity index (χ0) is 12.1. The number of carbonyl (C=O) groups excluding carboxylic acids is 1. The Kier molecular flexibility index (Phi) is 4.11. The van der Waals surface area contributed by atoms with E-state index in [1.54, 1.807) is 17.6 Å². The molecule has 2 rings (SSSR count). The van der Waals surface area contributed by atoms with Gasteiger partial charge in [0.05, 0.1) is 24.4 Å². The smallest absolute Gasteiger partial charge is 0.236 e. The molecule has 1 N–H and O–H groups in total. The van der Waals surface area contributed by atoms with Gasteiger partial charge in [-0.3, -0.25) is 4.79 Å². The minimum atomic E-state index is -0.161. The van der Waals surface area contributed by atoms with Gasteiger partial charge in [-0.1, -0.05) is 0 Å². The highest BCUT2D eigenvalue weighted by atomic mass is 32.1. The largest absolute Gasteiger partial charge is 0.378 e. The van der Waals surface area contributed by atoms with E-state index in [1.165, 1.54) is 11.9 Å². The minimum Gasteiger partial charge on any atom is -0.378 e. The highest BCUT2D eigenvalue weighted by Gasteiger charge is 2.12. The van der Waals surface area contributed by atoms with Crippen molar-refractivity contribution in [3.05, 3.63) is 17.0 Å². The quantitative estimate of drug-likeness (QED) is 0.647. The van der Waals surface area contributed by atoms with Crippen molar-refractivity contribution in [1.29, 1.82) is 0 Å². The molecule has 0 aromatic carbocycles. The molecular formula is C11H15N3O2S. The maximum absolute atomic E-state index is 10.6. The summed E-state index contributed by atoms with van der Waals surface area (Å²) >= 11 is 1.66. The van der Waals surface area contributed by atoms with Gasteiger partial charge < -0.3 is 9.64 Å². The highest BCUT2D eigenvalue weighted by molar-refractivity contribution is 7.17. The maximum atomic E-state index is 10.6. The zero-order valence-corrected chi connectivity index (χ0v) is 10.5. The van der Waals surface area contributed by atoms with E-state index in [9.17, 15) is 4.79 Å². The Labute approximate surface area is 104 Å². The van der Waals surface area contributed by atoms with Gasteiger partial charge in [-0.05, 0) is 12.1 Å². The average Bonchev–Trinajstić information content (AvgIpc) is 2.78. The molecule has 1 aromatic rings. The van der Waals surface area contributed by atoms with Crippen molar-refractivity contribution in [2.24, 2.45) is 5.10 Å². The standard InChI is InChI=1S/C11H15N3O2S/c1-9(15)13-12-8-10-2-3-11(17-10)14-4-6-16-7-5-14/h2-3,8H,4-7H2,1H3,(H,13,15)/b12-8+. The molecule has 1 aliphatic heterocycles. The van der Waals surface area contributed by atoms with Crippen LogP contribution in [0.1, 0.15) is 11.8 Å². The number of hydrogen-bond donors (Lipinski definition) is 1. The van der Waals surface area contributed by atoms with Gasteiger partial charge in [0.25, 0.3) is 0 Å². The number of carbonyl (C=O) groups is 1. The van der Waals surface area contributed by atoms with Crippen molar-refractivity contribution in [2.45, 2.75) is 6.92 Å². The van der Waals surface area contributed by atoms with Gasteiger partial charge in [0.2, 0.25) is 5.91 Å². The molecule has 0 atom stereocenters. The van der Waals surface area contributed by atoms with Gasteiger partial charge >= 0.3 is 0 Å². The summed E-state index contributed by atoms with van der Waals surface area (Å²) in [4.78, 5) is 14.0. The van der Waals surface area contributed by atoms with Gasteiger partial charge in [-0.15, -0.1) is 11.3 Å². The average molecular weight is 253 g/mol. The number of morpholine rings is 1. The number of amides is 1. The first-order valence-corrected chi connectivity index (χ1v) is 6.29. The van der Waals surface area contributed by atoms with Crippen molar-refractivity contribution < 1.29 is 9.53 Å². The van der Waals surface area contributed by atoms with Crippen molar-refractivity contribution in [1.82, 2.24) is 5.43 Å². The Bertz CT molecular complexity index is 411. The fourth-order valence-electron chi connectivity index (χ4n) is 1.55. The summed E-state index contributed by atoms with van der Waals surface area (Å²) in [6, 6.07) is 4.08. The van der Waals surface area contributed by atoms with Crippen LogP contribution in [-0.4, -0.2) is 38.4 Å². The van der Waals surface area contributed by atoms with Crippen LogP contribution >= 0.6 is 11.3 Å². The Morgan fingerprint density at radius 2 is 2.29 bits per heavy atom. The summed E-state index contributed by atoms with van der Waals surface area (Å²) in [7, 11) is 0. The molecule has 0 saturated carbocycles. The van der Waals surface area contributed by atoms with Crippen LogP contribution in [0.4, 0.5) is 5.00 Å². The van der Waals surface area contributed by atoms with Crippen LogP contribution in [0, 0.1) is 0 Å². The number of nitrogens with one attached hydrogen (secondary N) is 1. The van der Waals surface area contributed by atoms with Crippen LogP contribution in [0.3, 0.4) is 0 Å². The lowest BCUT2D eigenvalue weighted by atomic mass is 10.4. The topological polar surface area (TPSA) is 53.9 Å². The molecule has 1 amide bonds. The molecule has 1 fully saturated rings. The van der Waals surface area contributed by atoms with Crippen LogP contribution in [0.5, 0.6) is 0 Å². The van der Waals surface area contributed by atoms with Crippen molar-refractivity contribution >= 4 is 28.5 Å². The number of hydrazone groups is 1. The lowest BCUT2D eigenvalue weighted by Gasteiger charge is -2.27. The second-order valence-electron chi connectivity index (χ2n) is 3.70. The van der Waals surface area contributed by atoms with Gasteiger partial charge in [0.1, 0.15) is 0 Å². The molecule has 6 heteroatoms. The molecular weight excluding hydrogens is 238 g/mol. The van der Waals surface area contributed by atoms with E-state index in [0.717, 1.165) is 31.2 Å². The van der Waals surface area contributed by atoms with E-state index in [-0.39, 0.29) is 5.91 Å². The molecule has 17 heavy (non-hydrogen) atoms. The SMILES string of the molecule is CC(=O)N/N=C/c1ccc(N2CCOCC2)s1. The Hall–Kier alpha value is -1.40. The monoisotopic (exact) mass is 253 g/mol. The van der Waals surface area contributed by atoms with E-state index < -0.39 is 0 Å². The molecule has 1 aromatic heterocycles. The third kappa shape index (κ3) is 3.54. The molecule has 5 nitrogen and oxygen atoms in total. The number of hydrogen-bond acceptors (Lipinski definition) is 5. The number of thiophene rings is 1. The van der Waals surface area contributed by atoms with Crippen LogP contribution in [0.2, 0.25) is 0 Å². The van der Waals surface area contributed by atoms with Gasteiger partial charge in [-0.25, -0.2) is 5.43 Å². The molecule has 0 unspecified atom stereocenters. The fraction of sp³-hybridized carbons (Fsp3) is 0.455. The first-order chi connectivity index (χ1) is 8.25. The van der Waals surface area contributed by atoms with Gasteiger partial charge in [0, 0.05) is 24.9 Å². The first-order valence-electron chi connectivity index (χ1n) is 5.48. The second kappa shape index (κ2) is 5.79. The maximum Gasteiger partial charge on any atom is 0.236 e. The lowest BCUT2D eigenvalue weighted by Crippen LogP contribution is -2.35. The second-order valence-corrected chi connectivity index (χ2v) is 4.80. The van der Waals surface area contributed by atoms with Crippen LogP contribution < -0.4 is 10.3 Å². The number of rotatable bonds is 3. The minimum absolute atomic E-state index is 0.161. The molecule has 1 saturated heterocycles. The van der Waals surface area contributed by atoms with Crippen LogP contribution in [-0.2, 0) is 9.53 Å². The van der Waals surface area contributed by atoms with E-state index in [2.05, 4.69) is 21.5 Å². The Balaban J connectivity index is 1.95. The summed E-state index contributed by atoms with van der Waals surface area (Å²) in [5, 5.41) is 5.06. The molecule has 92 valence electrons. The van der Waals surface area contributed by atoms with E-state index in [4.69, 9.17) is 4.74 Å². The predicted octanol–water partition coefficient (Wildman–Crippen LogP) is 1.05. The van der Waals surface area contributed by atoms with Crippen LogP contribution in [0.15, 0.2) is 17.2 Å². The lowest BCUT2D eigenvalue weighted by molar-refractivity contribution is -0.118. The molecule has 0 radical (unpaired) electrons. The van der Waals surface area contributed by atoms with E-state index >= 15 is 0 Å². The molecule has 2 heterocycles. The summed E-state index contributed by atoms with van der Waals surface area (Å²) < 4.78 is 5.31. The fourth-order valence-corrected chi connectivity index (χ4v) is 2.48. The summed E-state index contributed by atoms with van der Waals surface area (Å²) in [5.74, 6) is -0.161. The van der Waals surface area contributed by atoms with Gasteiger partial charge in [0.15, 0.2) is 0 Å². The molecule has 0 bridgehead atoms. The van der Waals surface area contributed by atoms with Crippen LogP contribution in [0.25, 0.3) is 0 Å². The zero-order valence-electron chi connectivity index (χ0n) is 9.68. The molecule has 1 aliphatic rings. The summed E-state index contributed by atoms with van der Waals surface area (Å²) in [5.41, 5.74) is 2.39. The van der Waals surface area contributed by atoms with Crippen molar-refractivity contribution in [3.63, 3.8) is 0 Å². The van der Waals surface area contributed by atoms with Crippen molar-refractivity contribution in [3.8, 4) is 0 Å². The van der Waals surface area contributed by atoms with E-state index in [1.807, 2.05) is 6.07 Å². The van der Waals surface area contributed by atoms with Gasteiger partial charge in [-0.2, -0.15) is 5.10 Å². The number of ether oxygens (including phenoxy) is 1. The molecule has 0 aliphatic carbocycles. The van der Waals surface area contributed by atoms with E-state index in [0.29, 0.717) is 0 Å². The van der Waals surface area contributed by atoms with Crippen molar-refractivity contribution in [2.75, 3.05) is 31.2 Å². The summed E-state index contributed by atoms with van der Waals surface area (Å²) in [6.45, 7) is 4.87. The first kappa shape index (κ1) is 12.1. The molecule has 0 spiro atoms. The predicted molar refractivity (Wildman–Crippen MR) is 68.8 cm³/mol. The number of nitrogens with zero attached hydrogens (tertiary/aromatic N) is 2. The Morgan fingerprint density at radius 3 is 3.00 bits per heavy atom. The third-order valence-corrected chi connectivity index (χ3v) is 3.43. The highest BCUT2D eigenvalue weighted by Crippen LogP contribution is 2.25. The third-order valence-electron chi connectivity index (χ3n) is 2.35. The Morgan fingerprint density at radius 1 is 1.53 bits per heavy atom. The summed E-state index contributed by atoms with van der Waals surface area (Å²) in [6.07, 6.45) is 1.66. The normalized spacial score (nSPS) is 16.4.